The smallest absolute Gasteiger partial charge is 0.243 e. The Kier molecular flexibility index (Phi) is 4.96. The summed E-state index contributed by atoms with van der Waals surface area (Å²) in [4.78, 5) is 4.35. The molecule has 5 nitrogen and oxygen atoms in total. The molecule has 1 aliphatic heterocycles. The molecule has 134 valence electrons. The minimum Gasteiger partial charge on any atom is -0.378 e. The third-order valence-corrected chi connectivity index (χ3v) is 6.33. The van der Waals surface area contributed by atoms with Crippen molar-refractivity contribution >= 4 is 21.4 Å². The van der Waals surface area contributed by atoms with Crippen LogP contribution in [0.4, 0.5) is 15.8 Å². The highest BCUT2D eigenvalue weighted by atomic mass is 32.2. The van der Waals surface area contributed by atoms with Gasteiger partial charge in [0.25, 0.3) is 0 Å². The van der Waals surface area contributed by atoms with Crippen LogP contribution in [0, 0.1) is 5.82 Å². The number of piperazine rings is 1. The molecule has 0 saturated carbocycles. The van der Waals surface area contributed by atoms with E-state index in [2.05, 4.69) is 29.2 Å². The molecule has 0 N–H and O–H groups in total. The van der Waals surface area contributed by atoms with Crippen LogP contribution in [0.15, 0.2) is 53.4 Å². The molecule has 0 aliphatic carbocycles. The van der Waals surface area contributed by atoms with E-state index in [0.29, 0.717) is 26.2 Å². The van der Waals surface area contributed by atoms with Crippen LogP contribution in [0.25, 0.3) is 0 Å². The molecule has 0 unspecified atom stereocenters. The summed E-state index contributed by atoms with van der Waals surface area (Å²) in [6.45, 7) is 2.08. The van der Waals surface area contributed by atoms with Gasteiger partial charge in [0.05, 0.1) is 4.90 Å². The van der Waals surface area contributed by atoms with Gasteiger partial charge in [0.2, 0.25) is 10.0 Å². The fourth-order valence-corrected chi connectivity index (χ4v) is 4.33. The number of sulfonamides is 1. The molecule has 3 rings (SSSR count). The summed E-state index contributed by atoms with van der Waals surface area (Å²) in [5.74, 6) is -0.440. The van der Waals surface area contributed by atoms with Crippen molar-refractivity contribution in [3.63, 3.8) is 0 Å². The largest absolute Gasteiger partial charge is 0.378 e. The maximum absolute atomic E-state index is 13.0. The standard InChI is InChI=1S/C18H22FN3O2S/c1-20(2)16-5-7-17(8-6-16)21-11-13-22(14-12-21)25(23,24)18-9-3-15(19)4-10-18/h3-10H,11-14H2,1-2H3. The van der Waals surface area contributed by atoms with Crippen LogP contribution in [0.3, 0.4) is 0 Å². The van der Waals surface area contributed by atoms with Gasteiger partial charge in [-0.3, -0.25) is 0 Å². The number of halogens is 1. The highest BCUT2D eigenvalue weighted by molar-refractivity contribution is 7.89. The summed E-state index contributed by atoms with van der Waals surface area (Å²) in [5, 5.41) is 0. The first-order chi connectivity index (χ1) is 11.9. The first-order valence-electron chi connectivity index (χ1n) is 8.16. The minimum absolute atomic E-state index is 0.137. The third-order valence-electron chi connectivity index (χ3n) is 4.42. The van der Waals surface area contributed by atoms with E-state index < -0.39 is 15.8 Å². The summed E-state index contributed by atoms with van der Waals surface area (Å²) in [6, 6.07) is 13.2. The molecule has 0 amide bonds. The summed E-state index contributed by atoms with van der Waals surface area (Å²) in [5.41, 5.74) is 2.21. The second kappa shape index (κ2) is 7.01. The van der Waals surface area contributed by atoms with Gasteiger partial charge in [-0.2, -0.15) is 4.31 Å². The van der Waals surface area contributed by atoms with E-state index in [4.69, 9.17) is 0 Å². The average Bonchev–Trinajstić information content (AvgIpc) is 2.62. The molecule has 25 heavy (non-hydrogen) atoms. The number of hydrogen-bond acceptors (Lipinski definition) is 4. The lowest BCUT2D eigenvalue weighted by Gasteiger charge is -2.35. The van der Waals surface area contributed by atoms with E-state index in [1.165, 1.54) is 28.6 Å². The van der Waals surface area contributed by atoms with Crippen LogP contribution >= 0.6 is 0 Å². The van der Waals surface area contributed by atoms with Crippen molar-refractivity contribution in [1.29, 1.82) is 0 Å². The van der Waals surface area contributed by atoms with E-state index in [1.807, 2.05) is 19.0 Å². The van der Waals surface area contributed by atoms with Gasteiger partial charge < -0.3 is 9.80 Å². The molecule has 0 atom stereocenters. The lowest BCUT2D eigenvalue weighted by molar-refractivity contribution is 0.385. The Hall–Kier alpha value is -2.12. The fraction of sp³-hybridized carbons (Fsp3) is 0.333. The Morgan fingerprint density at radius 1 is 0.880 bits per heavy atom. The van der Waals surface area contributed by atoms with Crippen molar-refractivity contribution in [2.24, 2.45) is 0 Å². The Morgan fingerprint density at radius 3 is 1.96 bits per heavy atom. The molecule has 0 bridgehead atoms. The van der Waals surface area contributed by atoms with Gasteiger partial charge in [-0.15, -0.1) is 0 Å². The molecule has 0 radical (unpaired) electrons. The van der Waals surface area contributed by atoms with E-state index in [-0.39, 0.29) is 4.90 Å². The zero-order chi connectivity index (χ0) is 18.0. The van der Waals surface area contributed by atoms with Crippen LogP contribution in [-0.4, -0.2) is 53.0 Å². The lowest BCUT2D eigenvalue weighted by atomic mass is 10.2. The van der Waals surface area contributed by atoms with Gasteiger partial charge in [0, 0.05) is 51.6 Å². The van der Waals surface area contributed by atoms with Gasteiger partial charge >= 0.3 is 0 Å². The highest BCUT2D eigenvalue weighted by Crippen LogP contribution is 2.23. The predicted molar refractivity (Wildman–Crippen MR) is 98.1 cm³/mol. The van der Waals surface area contributed by atoms with Crippen LogP contribution in [0.2, 0.25) is 0 Å². The maximum Gasteiger partial charge on any atom is 0.243 e. The lowest BCUT2D eigenvalue weighted by Crippen LogP contribution is -2.48. The third kappa shape index (κ3) is 3.77. The van der Waals surface area contributed by atoms with Crippen LogP contribution < -0.4 is 9.80 Å². The summed E-state index contributed by atoms with van der Waals surface area (Å²) >= 11 is 0. The summed E-state index contributed by atoms with van der Waals surface area (Å²) < 4.78 is 39.8. The van der Waals surface area contributed by atoms with E-state index in [0.717, 1.165) is 11.4 Å². The van der Waals surface area contributed by atoms with Crippen molar-refractivity contribution in [1.82, 2.24) is 4.31 Å². The van der Waals surface area contributed by atoms with E-state index in [9.17, 15) is 12.8 Å². The second-order valence-electron chi connectivity index (χ2n) is 6.26. The Labute approximate surface area is 148 Å². The number of benzene rings is 2. The second-order valence-corrected chi connectivity index (χ2v) is 8.19. The topological polar surface area (TPSA) is 43.9 Å². The molecule has 1 fully saturated rings. The molecule has 2 aromatic rings. The van der Waals surface area contributed by atoms with Crippen molar-refractivity contribution in [2.45, 2.75) is 4.90 Å². The number of nitrogens with zero attached hydrogens (tertiary/aromatic N) is 3. The van der Waals surface area contributed by atoms with E-state index in [1.54, 1.807) is 0 Å². The van der Waals surface area contributed by atoms with Gasteiger partial charge in [-0.25, -0.2) is 12.8 Å². The maximum atomic E-state index is 13.0. The molecule has 0 spiro atoms. The molecule has 1 aliphatic rings. The van der Waals surface area contributed by atoms with Gasteiger partial charge in [0.1, 0.15) is 5.82 Å². The highest BCUT2D eigenvalue weighted by Gasteiger charge is 2.28. The van der Waals surface area contributed by atoms with Crippen LogP contribution in [0.5, 0.6) is 0 Å². The van der Waals surface area contributed by atoms with Gasteiger partial charge in [-0.05, 0) is 48.5 Å². The van der Waals surface area contributed by atoms with Crippen molar-refractivity contribution in [3.8, 4) is 0 Å². The SMILES string of the molecule is CN(C)c1ccc(N2CCN(S(=O)(=O)c3ccc(F)cc3)CC2)cc1. The molecular formula is C18H22FN3O2S. The fourth-order valence-electron chi connectivity index (χ4n) is 2.90. The van der Waals surface area contributed by atoms with Crippen molar-refractivity contribution < 1.29 is 12.8 Å². The molecular weight excluding hydrogens is 341 g/mol. The number of rotatable bonds is 4. The van der Waals surface area contributed by atoms with Crippen LogP contribution in [0.1, 0.15) is 0 Å². The molecule has 2 aromatic carbocycles. The molecule has 1 saturated heterocycles. The minimum atomic E-state index is -3.57. The predicted octanol–water partition coefficient (Wildman–Crippen LogP) is 2.40. The Bertz CT molecular complexity index is 812. The quantitative estimate of drug-likeness (QED) is 0.837. The zero-order valence-electron chi connectivity index (χ0n) is 14.4. The monoisotopic (exact) mass is 363 g/mol. The molecule has 0 aromatic heterocycles. The average molecular weight is 363 g/mol. The van der Waals surface area contributed by atoms with Crippen LogP contribution in [-0.2, 0) is 10.0 Å². The van der Waals surface area contributed by atoms with Gasteiger partial charge in [-0.1, -0.05) is 0 Å². The van der Waals surface area contributed by atoms with E-state index >= 15 is 0 Å². The van der Waals surface area contributed by atoms with Gasteiger partial charge in [0.15, 0.2) is 0 Å². The van der Waals surface area contributed by atoms with Crippen molar-refractivity contribution in [2.75, 3.05) is 50.1 Å². The molecule has 7 heteroatoms. The number of hydrogen-bond donors (Lipinski definition) is 0. The molecule has 1 heterocycles. The number of anilines is 2. The first-order valence-corrected chi connectivity index (χ1v) is 9.60. The normalized spacial score (nSPS) is 16.0. The summed E-state index contributed by atoms with van der Waals surface area (Å²) in [6.07, 6.45) is 0. The zero-order valence-corrected chi connectivity index (χ0v) is 15.2. The Morgan fingerprint density at radius 2 is 1.44 bits per heavy atom. The first kappa shape index (κ1) is 17.7. The van der Waals surface area contributed by atoms with Crippen molar-refractivity contribution in [3.05, 3.63) is 54.3 Å². The summed E-state index contributed by atoms with van der Waals surface area (Å²) in [7, 11) is 0.419. The Balaban J connectivity index is 1.68.